The number of aromatic nitrogens is 2. The number of hydrogen-bond acceptors (Lipinski definition) is 4. The maximum Gasteiger partial charge on any atom is 0.291 e. The fourth-order valence-electron chi connectivity index (χ4n) is 2.43. The zero-order valence-corrected chi connectivity index (χ0v) is 13.2. The average molecular weight is 341 g/mol. The quantitative estimate of drug-likeness (QED) is 0.745. The van der Waals surface area contributed by atoms with Gasteiger partial charge in [-0.25, -0.2) is 4.68 Å². The maximum atomic E-state index is 12.4. The third-order valence-corrected chi connectivity index (χ3v) is 4.69. The van der Waals surface area contributed by atoms with Crippen molar-refractivity contribution < 1.29 is 0 Å². The molecule has 0 aromatic carbocycles. The van der Waals surface area contributed by atoms with Crippen molar-refractivity contribution in [1.29, 1.82) is 0 Å². The summed E-state index contributed by atoms with van der Waals surface area (Å²) in [4.78, 5) is 12.4. The van der Waals surface area contributed by atoms with Gasteiger partial charge in [-0.3, -0.25) is 4.79 Å². The molecule has 1 aromatic rings. The van der Waals surface area contributed by atoms with Crippen LogP contribution in [-0.4, -0.2) is 28.9 Å². The molecule has 1 aromatic heterocycles. The van der Waals surface area contributed by atoms with Crippen LogP contribution in [-0.2, 0) is 6.54 Å². The van der Waals surface area contributed by atoms with Crippen molar-refractivity contribution in [3.05, 3.63) is 21.0 Å². The van der Waals surface area contributed by atoms with Crippen LogP contribution in [0.1, 0.15) is 32.1 Å². The van der Waals surface area contributed by atoms with E-state index < -0.39 is 0 Å². The molecule has 5 nitrogen and oxygen atoms in total. The van der Waals surface area contributed by atoms with Crippen LogP contribution in [0, 0.1) is 5.92 Å². The molecule has 0 spiro atoms. The highest BCUT2D eigenvalue weighted by molar-refractivity contribution is 9.10. The summed E-state index contributed by atoms with van der Waals surface area (Å²) >= 11 is 3.41. The predicted molar refractivity (Wildman–Crippen MR) is 83.1 cm³/mol. The van der Waals surface area contributed by atoms with Gasteiger partial charge in [0.2, 0.25) is 0 Å². The Hall–Kier alpha value is -0.880. The third-order valence-electron chi connectivity index (χ3n) is 4.09. The first-order chi connectivity index (χ1) is 9.74. The lowest BCUT2D eigenvalue weighted by atomic mass is 9.85. The van der Waals surface area contributed by atoms with Crippen LogP contribution >= 0.6 is 15.9 Å². The minimum absolute atomic E-state index is 0.0160. The van der Waals surface area contributed by atoms with Crippen LogP contribution in [0.4, 0.5) is 5.69 Å². The van der Waals surface area contributed by atoms with Crippen LogP contribution in [0.3, 0.4) is 0 Å². The first-order valence-corrected chi connectivity index (χ1v) is 8.26. The van der Waals surface area contributed by atoms with E-state index in [1.54, 1.807) is 10.9 Å². The molecule has 0 atom stereocenters. The zero-order valence-electron chi connectivity index (χ0n) is 11.6. The highest BCUT2D eigenvalue weighted by Gasteiger charge is 2.21. The van der Waals surface area contributed by atoms with Gasteiger partial charge in [0, 0.05) is 25.7 Å². The summed E-state index contributed by atoms with van der Waals surface area (Å²) in [5.41, 5.74) is 0.620. The van der Waals surface area contributed by atoms with Crippen LogP contribution in [0.15, 0.2) is 15.5 Å². The molecule has 0 saturated heterocycles. The maximum absolute atomic E-state index is 12.4. The lowest BCUT2D eigenvalue weighted by molar-refractivity contribution is 0.262. The first kappa shape index (κ1) is 14.1. The Morgan fingerprint density at radius 3 is 2.75 bits per heavy atom. The van der Waals surface area contributed by atoms with E-state index in [2.05, 4.69) is 31.7 Å². The van der Waals surface area contributed by atoms with Gasteiger partial charge in [-0.15, -0.1) is 0 Å². The molecule has 6 heteroatoms. The van der Waals surface area contributed by atoms with Crippen molar-refractivity contribution in [2.45, 2.75) is 44.7 Å². The number of anilines is 1. The van der Waals surface area contributed by atoms with Gasteiger partial charge in [0.25, 0.3) is 5.56 Å². The van der Waals surface area contributed by atoms with Gasteiger partial charge >= 0.3 is 0 Å². The summed E-state index contributed by atoms with van der Waals surface area (Å²) in [6.07, 6.45) is 8.02. The second kappa shape index (κ2) is 6.26. The molecule has 1 heterocycles. The first-order valence-electron chi connectivity index (χ1n) is 7.47. The fraction of sp³-hybridized carbons (Fsp3) is 0.714. The highest BCUT2D eigenvalue weighted by Crippen LogP contribution is 2.27. The van der Waals surface area contributed by atoms with Gasteiger partial charge in [-0.2, -0.15) is 5.10 Å². The Labute approximate surface area is 127 Å². The van der Waals surface area contributed by atoms with Crippen LogP contribution in [0.25, 0.3) is 0 Å². The summed E-state index contributed by atoms with van der Waals surface area (Å²) < 4.78 is 2.35. The van der Waals surface area contributed by atoms with E-state index in [1.807, 2.05) is 0 Å². The molecule has 110 valence electrons. The second-order valence-corrected chi connectivity index (χ2v) is 6.66. The van der Waals surface area contributed by atoms with Crippen molar-refractivity contribution in [3.8, 4) is 0 Å². The molecule has 0 bridgehead atoms. The van der Waals surface area contributed by atoms with Gasteiger partial charge < -0.3 is 10.6 Å². The smallest absolute Gasteiger partial charge is 0.291 e. The topological polar surface area (TPSA) is 59.0 Å². The highest BCUT2D eigenvalue weighted by atomic mass is 79.9. The van der Waals surface area contributed by atoms with Crippen molar-refractivity contribution >= 4 is 21.6 Å². The van der Waals surface area contributed by atoms with Crippen molar-refractivity contribution in [3.63, 3.8) is 0 Å². The number of rotatable bonds is 7. The Balaban J connectivity index is 1.61. The minimum atomic E-state index is -0.0160. The standard InChI is InChI=1S/C14H21BrN4O/c15-12-8-18-19(9-10-2-1-3-10)14(20)13(12)17-7-6-16-11-4-5-11/h8,10-11,16-17H,1-7,9H2. The summed E-state index contributed by atoms with van der Waals surface area (Å²) in [6.45, 7) is 2.40. The van der Waals surface area contributed by atoms with E-state index in [0.717, 1.165) is 24.1 Å². The molecule has 2 N–H and O–H groups in total. The molecule has 0 unspecified atom stereocenters. The van der Waals surface area contributed by atoms with Crippen molar-refractivity contribution in [1.82, 2.24) is 15.1 Å². The van der Waals surface area contributed by atoms with Gasteiger partial charge in [0.1, 0.15) is 5.69 Å². The van der Waals surface area contributed by atoms with Crippen molar-refractivity contribution in [2.75, 3.05) is 18.4 Å². The normalized spacial score (nSPS) is 18.9. The fourth-order valence-corrected chi connectivity index (χ4v) is 2.83. The molecule has 2 aliphatic rings. The Morgan fingerprint density at radius 2 is 2.10 bits per heavy atom. The summed E-state index contributed by atoms with van der Waals surface area (Å²) in [5.74, 6) is 0.630. The lowest BCUT2D eigenvalue weighted by Gasteiger charge is -2.25. The Kier molecular flexibility index (Phi) is 4.41. The molecule has 0 amide bonds. The van der Waals surface area contributed by atoms with Gasteiger partial charge in [0.05, 0.1) is 10.7 Å². The van der Waals surface area contributed by atoms with Gasteiger partial charge in [-0.1, -0.05) is 6.42 Å². The molecule has 3 rings (SSSR count). The average Bonchev–Trinajstić information content (AvgIpc) is 3.19. The van der Waals surface area contributed by atoms with E-state index in [4.69, 9.17) is 0 Å². The van der Waals surface area contributed by atoms with Crippen molar-refractivity contribution in [2.24, 2.45) is 5.92 Å². The second-order valence-electron chi connectivity index (χ2n) is 5.81. The van der Waals surface area contributed by atoms with Crippen LogP contribution in [0.2, 0.25) is 0 Å². The molecule has 2 fully saturated rings. The van der Waals surface area contributed by atoms with Gasteiger partial charge in [-0.05, 0) is 47.5 Å². The minimum Gasteiger partial charge on any atom is -0.378 e. The third kappa shape index (κ3) is 3.41. The number of nitrogens with one attached hydrogen (secondary N) is 2. The largest absolute Gasteiger partial charge is 0.378 e. The van der Waals surface area contributed by atoms with E-state index in [1.165, 1.54) is 32.1 Å². The number of hydrogen-bond donors (Lipinski definition) is 2. The molecule has 0 aliphatic heterocycles. The Bertz CT molecular complexity index is 522. The zero-order chi connectivity index (χ0) is 13.9. The molecule has 0 radical (unpaired) electrons. The van der Waals surface area contributed by atoms with E-state index in [-0.39, 0.29) is 5.56 Å². The monoisotopic (exact) mass is 340 g/mol. The summed E-state index contributed by atoms with van der Waals surface area (Å²) in [6, 6.07) is 0.702. The molecule has 2 saturated carbocycles. The molecular weight excluding hydrogens is 320 g/mol. The van der Waals surface area contributed by atoms with Crippen LogP contribution in [0.5, 0.6) is 0 Å². The predicted octanol–water partition coefficient (Wildman–Crippen LogP) is 1.97. The summed E-state index contributed by atoms with van der Waals surface area (Å²) in [7, 11) is 0. The summed E-state index contributed by atoms with van der Waals surface area (Å²) in [5, 5.41) is 10.9. The molecule has 2 aliphatic carbocycles. The molecular formula is C14H21BrN4O. The number of halogens is 1. The Morgan fingerprint density at radius 1 is 1.30 bits per heavy atom. The SMILES string of the molecule is O=c1c(NCCNC2CC2)c(Br)cnn1CC1CCC1. The van der Waals surface area contributed by atoms with Gasteiger partial charge in [0.15, 0.2) is 0 Å². The van der Waals surface area contributed by atoms with E-state index >= 15 is 0 Å². The van der Waals surface area contributed by atoms with Crippen LogP contribution < -0.4 is 16.2 Å². The molecule has 20 heavy (non-hydrogen) atoms. The number of nitrogens with zero attached hydrogens (tertiary/aromatic N) is 2. The van der Waals surface area contributed by atoms with E-state index in [9.17, 15) is 4.79 Å². The van der Waals surface area contributed by atoms with E-state index in [0.29, 0.717) is 17.6 Å². The lowest BCUT2D eigenvalue weighted by Crippen LogP contribution is -2.32.